The molecule has 0 fully saturated rings. The van der Waals surface area contributed by atoms with Gasteiger partial charge in [0.05, 0.1) is 31.0 Å². The number of amides is 1. The summed E-state index contributed by atoms with van der Waals surface area (Å²) in [5.41, 5.74) is 2.34. The van der Waals surface area contributed by atoms with Crippen molar-refractivity contribution in [2.45, 2.75) is 26.1 Å². The summed E-state index contributed by atoms with van der Waals surface area (Å²) in [5, 5.41) is 4.32. The van der Waals surface area contributed by atoms with E-state index < -0.39 is 0 Å². The van der Waals surface area contributed by atoms with Gasteiger partial charge in [0, 0.05) is 37.7 Å². The number of hydrogen-bond acceptors (Lipinski definition) is 4. The molecule has 2 aromatic heterocycles. The van der Waals surface area contributed by atoms with Gasteiger partial charge in [-0.2, -0.15) is 5.10 Å². The fourth-order valence-corrected chi connectivity index (χ4v) is 3.59. The van der Waals surface area contributed by atoms with Gasteiger partial charge in [-0.15, -0.1) is 0 Å². The number of methoxy groups -OCH3 is 1. The van der Waals surface area contributed by atoms with Crippen LogP contribution in [0.3, 0.4) is 0 Å². The molecule has 1 aliphatic heterocycles. The number of aryl methyl sites for hydroxylation is 2. The predicted molar refractivity (Wildman–Crippen MR) is 95.8 cm³/mol. The van der Waals surface area contributed by atoms with E-state index in [0.717, 1.165) is 22.8 Å². The first kappa shape index (κ1) is 16.4. The molecule has 26 heavy (non-hydrogen) atoms. The molecular formula is C19H21N5O2. The molecule has 7 nitrogen and oxygen atoms in total. The number of ether oxygens (including phenoxy) is 1. The fraction of sp³-hybridized carbons (Fsp3) is 0.316. The van der Waals surface area contributed by atoms with Crippen molar-refractivity contribution in [3.8, 4) is 5.75 Å². The summed E-state index contributed by atoms with van der Waals surface area (Å²) >= 11 is 0. The van der Waals surface area contributed by atoms with Gasteiger partial charge in [0.25, 0.3) is 5.91 Å². The molecule has 0 aliphatic carbocycles. The second-order valence-corrected chi connectivity index (χ2v) is 6.49. The van der Waals surface area contributed by atoms with Gasteiger partial charge in [-0.25, -0.2) is 4.98 Å². The van der Waals surface area contributed by atoms with E-state index in [0.29, 0.717) is 18.7 Å². The maximum Gasteiger partial charge on any atom is 0.258 e. The number of carbonyl (C=O) groups excluding carboxylic acids is 1. The largest absolute Gasteiger partial charge is 0.496 e. The molecule has 134 valence electrons. The molecule has 1 aliphatic rings. The normalized spacial score (nSPS) is 16.4. The first-order valence-electron chi connectivity index (χ1n) is 8.52. The molecule has 3 heterocycles. The van der Waals surface area contributed by atoms with Gasteiger partial charge >= 0.3 is 0 Å². The Balaban J connectivity index is 1.79. The molecule has 0 spiro atoms. The molecule has 0 saturated heterocycles. The maximum atomic E-state index is 13.3. The highest BCUT2D eigenvalue weighted by molar-refractivity contribution is 5.95. The summed E-state index contributed by atoms with van der Waals surface area (Å²) in [6, 6.07) is 7.71. The average molecular weight is 351 g/mol. The highest BCUT2D eigenvalue weighted by Gasteiger charge is 2.34. The van der Waals surface area contributed by atoms with Crippen molar-refractivity contribution < 1.29 is 9.53 Å². The van der Waals surface area contributed by atoms with E-state index in [1.165, 1.54) is 0 Å². The zero-order chi connectivity index (χ0) is 18.3. The van der Waals surface area contributed by atoms with Gasteiger partial charge in [-0.1, -0.05) is 18.2 Å². The summed E-state index contributed by atoms with van der Waals surface area (Å²) in [5.74, 6) is 1.62. The predicted octanol–water partition coefficient (Wildman–Crippen LogP) is 2.33. The number of fused-ring (bicyclic) bond motifs is 1. The first-order valence-corrected chi connectivity index (χ1v) is 8.52. The second kappa shape index (κ2) is 6.33. The third kappa shape index (κ3) is 2.65. The molecule has 4 rings (SSSR count). The van der Waals surface area contributed by atoms with E-state index in [9.17, 15) is 4.79 Å². The van der Waals surface area contributed by atoms with Crippen LogP contribution in [0.1, 0.15) is 33.5 Å². The Morgan fingerprint density at radius 3 is 2.85 bits per heavy atom. The number of hydrogen-bond donors (Lipinski definition) is 0. The Morgan fingerprint density at radius 1 is 1.31 bits per heavy atom. The van der Waals surface area contributed by atoms with Crippen LogP contribution in [0.4, 0.5) is 0 Å². The summed E-state index contributed by atoms with van der Waals surface area (Å²) in [6.45, 7) is 2.94. The van der Waals surface area contributed by atoms with Crippen molar-refractivity contribution in [2.75, 3.05) is 7.11 Å². The van der Waals surface area contributed by atoms with E-state index in [-0.39, 0.29) is 11.9 Å². The molecule has 1 aromatic carbocycles. The van der Waals surface area contributed by atoms with E-state index in [2.05, 4.69) is 14.6 Å². The lowest BCUT2D eigenvalue weighted by Gasteiger charge is -2.37. The van der Waals surface area contributed by atoms with Gasteiger partial charge < -0.3 is 14.2 Å². The van der Waals surface area contributed by atoms with Gasteiger partial charge in [-0.05, 0) is 13.0 Å². The number of carbonyl (C=O) groups is 1. The van der Waals surface area contributed by atoms with Crippen molar-refractivity contribution in [3.05, 3.63) is 65.5 Å². The lowest BCUT2D eigenvalue weighted by molar-refractivity contribution is 0.0580. The highest BCUT2D eigenvalue weighted by atomic mass is 16.5. The minimum Gasteiger partial charge on any atom is -0.496 e. The second-order valence-electron chi connectivity index (χ2n) is 6.49. The number of benzene rings is 1. The number of aromatic nitrogens is 4. The zero-order valence-corrected chi connectivity index (χ0v) is 15.1. The Kier molecular flexibility index (Phi) is 3.99. The highest BCUT2D eigenvalue weighted by Crippen LogP contribution is 2.35. The Labute approximate surface area is 151 Å². The van der Waals surface area contributed by atoms with Gasteiger partial charge in [-0.3, -0.25) is 9.48 Å². The quantitative estimate of drug-likeness (QED) is 0.726. The summed E-state index contributed by atoms with van der Waals surface area (Å²) in [6.07, 6.45) is 5.50. The van der Waals surface area contributed by atoms with E-state index >= 15 is 0 Å². The van der Waals surface area contributed by atoms with Crippen molar-refractivity contribution in [1.82, 2.24) is 24.2 Å². The van der Waals surface area contributed by atoms with Crippen LogP contribution in [0.5, 0.6) is 5.75 Å². The van der Waals surface area contributed by atoms with Crippen LogP contribution in [0, 0.1) is 6.92 Å². The molecule has 1 atom stereocenters. The van der Waals surface area contributed by atoms with Crippen LogP contribution in [0.25, 0.3) is 0 Å². The standard InChI is InChI=1S/C19H21N5O2/c1-13-15(10-22(2)21-13)19(25)24-12-18-20-8-9-23(18)11-16(24)14-6-4-5-7-17(14)26-3/h4-10,16H,11-12H2,1-3H3. The molecule has 3 aromatic rings. The third-order valence-corrected chi connectivity index (χ3v) is 4.86. The number of nitrogens with zero attached hydrogens (tertiary/aromatic N) is 5. The minimum atomic E-state index is -0.139. The van der Waals surface area contributed by atoms with Crippen LogP contribution < -0.4 is 4.74 Å². The summed E-state index contributed by atoms with van der Waals surface area (Å²) in [4.78, 5) is 19.6. The zero-order valence-electron chi connectivity index (χ0n) is 15.1. The first-order chi connectivity index (χ1) is 12.6. The fourth-order valence-electron chi connectivity index (χ4n) is 3.59. The van der Waals surface area contributed by atoms with Crippen molar-refractivity contribution in [1.29, 1.82) is 0 Å². The molecule has 1 unspecified atom stereocenters. The van der Waals surface area contributed by atoms with E-state index in [1.54, 1.807) is 24.2 Å². The molecule has 0 N–H and O–H groups in total. The number of rotatable bonds is 3. The molecule has 0 saturated carbocycles. The van der Waals surface area contributed by atoms with Crippen molar-refractivity contribution in [3.63, 3.8) is 0 Å². The summed E-state index contributed by atoms with van der Waals surface area (Å²) < 4.78 is 9.32. The van der Waals surface area contributed by atoms with Gasteiger partial charge in [0.15, 0.2) is 0 Å². The van der Waals surface area contributed by atoms with Crippen molar-refractivity contribution in [2.24, 2.45) is 7.05 Å². The Hall–Kier alpha value is -3.09. The minimum absolute atomic E-state index is 0.0410. The van der Waals surface area contributed by atoms with E-state index in [4.69, 9.17) is 4.74 Å². The lowest BCUT2D eigenvalue weighted by atomic mass is 10.0. The van der Waals surface area contributed by atoms with Crippen LogP contribution in [0.2, 0.25) is 0 Å². The molecule has 1 amide bonds. The van der Waals surface area contributed by atoms with Crippen molar-refractivity contribution >= 4 is 5.91 Å². The third-order valence-electron chi connectivity index (χ3n) is 4.86. The maximum absolute atomic E-state index is 13.3. The van der Waals surface area contributed by atoms with Gasteiger partial charge in [0.2, 0.25) is 0 Å². The van der Waals surface area contributed by atoms with Crippen LogP contribution in [0.15, 0.2) is 42.9 Å². The van der Waals surface area contributed by atoms with Crippen LogP contribution in [-0.4, -0.2) is 37.2 Å². The average Bonchev–Trinajstić information content (AvgIpc) is 3.25. The van der Waals surface area contributed by atoms with E-state index in [1.807, 2.05) is 49.3 Å². The molecule has 7 heteroatoms. The Bertz CT molecular complexity index is 959. The molecule has 0 radical (unpaired) electrons. The van der Waals surface area contributed by atoms with Crippen LogP contribution >= 0.6 is 0 Å². The molecular weight excluding hydrogens is 330 g/mol. The van der Waals surface area contributed by atoms with Crippen LogP contribution in [-0.2, 0) is 20.1 Å². The summed E-state index contributed by atoms with van der Waals surface area (Å²) in [7, 11) is 3.48. The number of imidazole rings is 1. The van der Waals surface area contributed by atoms with Gasteiger partial charge in [0.1, 0.15) is 11.6 Å². The Morgan fingerprint density at radius 2 is 2.12 bits per heavy atom. The monoisotopic (exact) mass is 351 g/mol. The lowest BCUT2D eigenvalue weighted by Crippen LogP contribution is -2.41. The SMILES string of the molecule is COc1ccccc1C1Cn2ccnc2CN1C(=O)c1cn(C)nc1C. The number of para-hydroxylation sites is 1. The smallest absolute Gasteiger partial charge is 0.258 e. The topological polar surface area (TPSA) is 65.2 Å². The molecule has 0 bridgehead atoms.